The molecule has 138 valence electrons. The van der Waals surface area contributed by atoms with E-state index in [4.69, 9.17) is 0 Å². The predicted molar refractivity (Wildman–Crippen MR) is 101 cm³/mol. The van der Waals surface area contributed by atoms with Gasteiger partial charge in [-0.2, -0.15) is 0 Å². The van der Waals surface area contributed by atoms with Crippen molar-refractivity contribution < 1.29 is 13.2 Å². The fraction of sp³-hybridized carbons (Fsp3) is 0.611. The molecule has 0 aliphatic carbocycles. The Balaban J connectivity index is 1.60. The molecule has 1 unspecified atom stereocenters. The largest absolute Gasteiger partial charge is 0.374 e. The number of benzene rings is 1. The van der Waals surface area contributed by atoms with Crippen LogP contribution in [0.1, 0.15) is 25.7 Å². The summed E-state index contributed by atoms with van der Waals surface area (Å²) in [5.74, 6) is 0.190. The number of likely N-dealkylation sites (N-methyl/N-ethyl adjacent to an activating group) is 1. The monoisotopic (exact) mass is 365 g/mol. The third kappa shape index (κ3) is 4.45. The maximum Gasteiger partial charge on any atom is 0.241 e. The van der Waals surface area contributed by atoms with Crippen LogP contribution >= 0.6 is 0 Å². The van der Waals surface area contributed by atoms with Crippen molar-refractivity contribution in [2.45, 2.75) is 31.7 Å². The molecule has 0 bridgehead atoms. The van der Waals surface area contributed by atoms with Crippen LogP contribution in [0.4, 0.5) is 11.4 Å². The summed E-state index contributed by atoms with van der Waals surface area (Å²) in [4.78, 5) is 16.4. The Labute approximate surface area is 150 Å². The number of carbonyl (C=O) groups is 1. The summed E-state index contributed by atoms with van der Waals surface area (Å²) in [6, 6.07) is 7.87. The Morgan fingerprint density at radius 3 is 2.64 bits per heavy atom. The van der Waals surface area contributed by atoms with Crippen molar-refractivity contribution in [3.63, 3.8) is 0 Å². The van der Waals surface area contributed by atoms with Gasteiger partial charge in [-0.1, -0.05) is 12.1 Å². The van der Waals surface area contributed by atoms with E-state index in [9.17, 15) is 13.2 Å². The first-order valence-electron chi connectivity index (χ1n) is 9.00. The van der Waals surface area contributed by atoms with Crippen molar-refractivity contribution in [1.82, 2.24) is 4.90 Å². The highest BCUT2D eigenvalue weighted by molar-refractivity contribution is 7.91. The van der Waals surface area contributed by atoms with E-state index >= 15 is 0 Å². The average Bonchev–Trinajstić information content (AvgIpc) is 3.00. The number of rotatable bonds is 5. The van der Waals surface area contributed by atoms with Gasteiger partial charge >= 0.3 is 0 Å². The highest BCUT2D eigenvalue weighted by atomic mass is 32.2. The molecule has 2 fully saturated rings. The summed E-state index contributed by atoms with van der Waals surface area (Å²) in [6.45, 7) is 2.27. The zero-order valence-corrected chi connectivity index (χ0v) is 15.6. The average molecular weight is 365 g/mol. The van der Waals surface area contributed by atoms with Gasteiger partial charge in [0, 0.05) is 26.2 Å². The lowest BCUT2D eigenvalue weighted by atomic mass is 10.1. The molecular formula is C18H27N3O3S. The van der Waals surface area contributed by atoms with E-state index in [2.05, 4.69) is 16.3 Å². The minimum Gasteiger partial charge on any atom is -0.374 e. The van der Waals surface area contributed by atoms with Gasteiger partial charge in [-0.3, -0.25) is 4.79 Å². The van der Waals surface area contributed by atoms with E-state index in [0.29, 0.717) is 6.42 Å². The third-order valence-electron chi connectivity index (χ3n) is 5.18. The summed E-state index contributed by atoms with van der Waals surface area (Å²) in [5, 5.41) is 3.25. The molecule has 1 aromatic carbocycles. The van der Waals surface area contributed by atoms with Gasteiger partial charge in [0.25, 0.3) is 0 Å². The van der Waals surface area contributed by atoms with Crippen LogP contribution in [0.5, 0.6) is 0 Å². The van der Waals surface area contributed by atoms with Gasteiger partial charge in [0.05, 0.1) is 29.4 Å². The van der Waals surface area contributed by atoms with Crippen molar-refractivity contribution in [2.75, 3.05) is 48.4 Å². The first-order valence-corrected chi connectivity index (χ1v) is 10.8. The topological polar surface area (TPSA) is 69.7 Å². The van der Waals surface area contributed by atoms with Gasteiger partial charge in [0.1, 0.15) is 0 Å². The highest BCUT2D eigenvalue weighted by Gasteiger charge is 2.32. The lowest BCUT2D eigenvalue weighted by Crippen LogP contribution is -2.41. The number of carbonyl (C=O) groups excluding carboxylic acids is 1. The van der Waals surface area contributed by atoms with Crippen LogP contribution in [0.2, 0.25) is 0 Å². The highest BCUT2D eigenvalue weighted by Crippen LogP contribution is 2.28. The van der Waals surface area contributed by atoms with Gasteiger partial charge in [-0.05, 0) is 37.8 Å². The molecule has 2 aliphatic rings. The Bertz CT molecular complexity index is 714. The number of piperidine rings is 1. The van der Waals surface area contributed by atoms with Crippen LogP contribution in [-0.4, -0.2) is 63.5 Å². The van der Waals surface area contributed by atoms with Gasteiger partial charge in [-0.15, -0.1) is 0 Å². The Hall–Kier alpha value is -1.76. The van der Waals surface area contributed by atoms with E-state index in [-0.39, 0.29) is 30.0 Å². The van der Waals surface area contributed by atoms with E-state index in [1.54, 1.807) is 11.9 Å². The number of hydrogen-bond donors (Lipinski definition) is 1. The molecule has 0 aromatic heterocycles. The molecule has 0 spiro atoms. The molecule has 25 heavy (non-hydrogen) atoms. The van der Waals surface area contributed by atoms with Crippen LogP contribution in [-0.2, 0) is 14.6 Å². The molecule has 0 saturated carbocycles. The lowest BCUT2D eigenvalue weighted by molar-refractivity contribution is -0.129. The number of nitrogens with zero attached hydrogens (tertiary/aromatic N) is 2. The third-order valence-corrected chi connectivity index (χ3v) is 6.93. The molecule has 2 saturated heterocycles. The molecule has 2 aliphatic heterocycles. The molecule has 1 atom stereocenters. The second-order valence-electron chi connectivity index (χ2n) is 6.98. The van der Waals surface area contributed by atoms with E-state index < -0.39 is 9.84 Å². The SMILES string of the molecule is CN(C(=O)CNc1ccccc1N1CCCCC1)C1CCS(=O)(=O)C1. The molecule has 1 N–H and O–H groups in total. The zero-order valence-electron chi connectivity index (χ0n) is 14.8. The molecule has 3 rings (SSSR count). The van der Waals surface area contributed by atoms with E-state index in [0.717, 1.165) is 24.5 Å². The van der Waals surface area contributed by atoms with Crippen LogP contribution < -0.4 is 10.2 Å². The number of anilines is 2. The first kappa shape index (κ1) is 18.0. The number of hydrogen-bond acceptors (Lipinski definition) is 5. The van der Waals surface area contributed by atoms with Crippen molar-refractivity contribution in [1.29, 1.82) is 0 Å². The minimum absolute atomic E-state index is 0.0736. The molecule has 0 radical (unpaired) electrons. The summed E-state index contributed by atoms with van der Waals surface area (Å²) in [6.07, 6.45) is 4.22. The van der Waals surface area contributed by atoms with Gasteiger partial charge in [-0.25, -0.2) is 8.42 Å². The minimum atomic E-state index is -2.98. The Morgan fingerprint density at radius 1 is 1.24 bits per heavy atom. The normalized spacial score (nSPS) is 22.6. The maximum atomic E-state index is 12.5. The zero-order chi connectivity index (χ0) is 17.9. The van der Waals surface area contributed by atoms with E-state index in [1.807, 2.05) is 18.2 Å². The van der Waals surface area contributed by atoms with Crippen LogP contribution in [0.3, 0.4) is 0 Å². The van der Waals surface area contributed by atoms with Crippen molar-refractivity contribution >= 4 is 27.1 Å². The summed E-state index contributed by atoms with van der Waals surface area (Å²) >= 11 is 0. The standard InChI is InChI=1S/C18H27N3O3S/c1-20(15-9-12-25(23,24)14-15)18(22)13-19-16-7-3-4-8-17(16)21-10-5-2-6-11-21/h3-4,7-8,15,19H,2,5-6,9-14H2,1H3. The second-order valence-corrected chi connectivity index (χ2v) is 9.21. The lowest BCUT2D eigenvalue weighted by Gasteiger charge is -2.31. The number of amides is 1. The molecule has 6 nitrogen and oxygen atoms in total. The number of sulfone groups is 1. The van der Waals surface area contributed by atoms with Crippen LogP contribution in [0.15, 0.2) is 24.3 Å². The fourth-order valence-corrected chi connectivity index (χ4v) is 5.39. The van der Waals surface area contributed by atoms with Crippen molar-refractivity contribution in [3.8, 4) is 0 Å². The quantitative estimate of drug-likeness (QED) is 0.861. The van der Waals surface area contributed by atoms with Crippen LogP contribution in [0, 0.1) is 0 Å². The number of nitrogens with one attached hydrogen (secondary N) is 1. The van der Waals surface area contributed by atoms with Crippen molar-refractivity contribution in [3.05, 3.63) is 24.3 Å². The molecule has 1 aromatic rings. The summed E-state index contributed by atoms with van der Waals surface area (Å²) < 4.78 is 23.2. The van der Waals surface area contributed by atoms with Crippen LogP contribution in [0.25, 0.3) is 0 Å². The molecular weight excluding hydrogens is 338 g/mol. The summed E-state index contributed by atoms with van der Waals surface area (Å²) in [5.41, 5.74) is 2.10. The smallest absolute Gasteiger partial charge is 0.241 e. The Morgan fingerprint density at radius 2 is 1.96 bits per heavy atom. The number of para-hydroxylation sites is 2. The fourth-order valence-electron chi connectivity index (χ4n) is 3.61. The molecule has 2 heterocycles. The Kier molecular flexibility index (Phi) is 5.51. The molecule has 1 amide bonds. The second kappa shape index (κ2) is 7.64. The first-order chi connectivity index (χ1) is 12.0. The summed E-state index contributed by atoms with van der Waals surface area (Å²) in [7, 11) is -1.28. The van der Waals surface area contributed by atoms with Crippen molar-refractivity contribution in [2.24, 2.45) is 0 Å². The van der Waals surface area contributed by atoms with Gasteiger partial charge in [0.2, 0.25) is 5.91 Å². The maximum absolute atomic E-state index is 12.5. The molecule has 7 heteroatoms. The van der Waals surface area contributed by atoms with E-state index in [1.165, 1.54) is 19.3 Å². The van der Waals surface area contributed by atoms with Gasteiger partial charge < -0.3 is 15.1 Å². The van der Waals surface area contributed by atoms with Gasteiger partial charge in [0.15, 0.2) is 9.84 Å². The predicted octanol–water partition coefficient (Wildman–Crippen LogP) is 1.73.